The molecule has 6 nitrogen and oxygen atoms in total. The molecular formula is C24H28ClFNO5P. The van der Waals surface area contributed by atoms with Gasteiger partial charge in [0.1, 0.15) is 23.4 Å². The fourth-order valence-electron chi connectivity index (χ4n) is 5.05. The van der Waals surface area contributed by atoms with Crippen molar-refractivity contribution in [2.75, 3.05) is 13.7 Å². The standard InChI is InChI=1S/C24H28ClFNO5P/c1-27-24-9-7-23(8-10-24,15-30-17-5-6-19(25)20(26)13-17)14-21(24)31-22(28)12-16-3-2-4-18(11-16)32-33-29/h2-6,11,13,21,27,29,33H,7-10,12,14-15H2,1H3. The lowest BCUT2D eigenvalue weighted by Gasteiger charge is -2.56. The number of nitrogens with one attached hydrogen (secondary N) is 1. The Labute approximate surface area is 199 Å². The normalized spacial score (nSPS) is 26.5. The Hall–Kier alpha value is -1.92. The van der Waals surface area contributed by atoms with Crippen molar-refractivity contribution in [1.82, 2.24) is 5.32 Å². The second-order valence-electron chi connectivity index (χ2n) is 8.97. The van der Waals surface area contributed by atoms with Crippen LogP contribution in [0.2, 0.25) is 5.02 Å². The van der Waals surface area contributed by atoms with Gasteiger partial charge in [0.25, 0.3) is 0 Å². The summed E-state index contributed by atoms with van der Waals surface area (Å²) in [7, 11) is 1.27. The third kappa shape index (κ3) is 5.43. The Morgan fingerprint density at radius 1 is 1.21 bits per heavy atom. The number of fused-ring (bicyclic) bond motifs is 3. The SMILES string of the molecule is CNC12CCC(COc3ccc(Cl)c(F)c3)(CC1)CC2OC(=O)Cc1cccc(OPO)c1. The van der Waals surface area contributed by atoms with Gasteiger partial charge in [-0.1, -0.05) is 23.7 Å². The van der Waals surface area contributed by atoms with E-state index in [2.05, 4.69) is 5.32 Å². The number of benzene rings is 2. The van der Waals surface area contributed by atoms with E-state index in [-0.39, 0.29) is 34.5 Å². The molecule has 2 unspecified atom stereocenters. The summed E-state index contributed by atoms with van der Waals surface area (Å²) in [6.07, 6.45) is 4.17. The molecule has 0 aliphatic heterocycles. The number of esters is 1. The van der Waals surface area contributed by atoms with Crippen molar-refractivity contribution in [1.29, 1.82) is 0 Å². The lowest BCUT2D eigenvalue weighted by Crippen LogP contribution is -2.64. The Bertz CT molecular complexity index is 999. The molecule has 2 bridgehead atoms. The van der Waals surface area contributed by atoms with Crippen LogP contribution in [0.25, 0.3) is 0 Å². The van der Waals surface area contributed by atoms with Gasteiger partial charge in [-0.25, -0.2) is 4.39 Å². The minimum absolute atomic E-state index is 0.0653. The first-order chi connectivity index (χ1) is 15.9. The first-order valence-corrected chi connectivity index (χ1v) is 12.2. The molecule has 3 saturated carbocycles. The van der Waals surface area contributed by atoms with Gasteiger partial charge in [-0.15, -0.1) is 0 Å². The Morgan fingerprint density at radius 3 is 2.70 bits per heavy atom. The summed E-state index contributed by atoms with van der Waals surface area (Å²) >= 11 is 5.77. The van der Waals surface area contributed by atoms with Crippen molar-refractivity contribution in [2.45, 2.75) is 50.2 Å². The van der Waals surface area contributed by atoms with Crippen LogP contribution in [0.5, 0.6) is 11.5 Å². The van der Waals surface area contributed by atoms with E-state index < -0.39 is 14.9 Å². The summed E-state index contributed by atoms with van der Waals surface area (Å²) in [6, 6.07) is 11.5. The van der Waals surface area contributed by atoms with Gasteiger partial charge in [0.2, 0.25) is 9.03 Å². The number of carbonyl (C=O) groups excluding carboxylic acids is 1. The van der Waals surface area contributed by atoms with Crippen molar-refractivity contribution >= 4 is 26.6 Å². The Morgan fingerprint density at radius 2 is 2.00 bits per heavy atom. The highest BCUT2D eigenvalue weighted by molar-refractivity contribution is 7.25. The number of hydrogen-bond acceptors (Lipinski definition) is 6. The van der Waals surface area contributed by atoms with Gasteiger partial charge in [0.05, 0.1) is 23.6 Å². The van der Waals surface area contributed by atoms with E-state index in [4.69, 9.17) is 30.5 Å². The molecule has 0 spiro atoms. The summed E-state index contributed by atoms with van der Waals surface area (Å²) in [5.74, 6) is 0.149. The quantitative estimate of drug-likeness (QED) is 0.384. The molecule has 0 radical (unpaired) electrons. The number of rotatable bonds is 9. The second-order valence-corrected chi connectivity index (χ2v) is 9.76. The van der Waals surface area contributed by atoms with Gasteiger partial charge in [-0.05, 0) is 69.0 Å². The minimum atomic E-state index is -0.651. The summed E-state index contributed by atoms with van der Waals surface area (Å²) in [5.41, 5.74) is 0.389. The molecule has 0 heterocycles. The minimum Gasteiger partial charge on any atom is -0.493 e. The van der Waals surface area contributed by atoms with Gasteiger partial charge >= 0.3 is 5.97 Å². The summed E-state index contributed by atoms with van der Waals surface area (Å²) in [5, 5.41) is 3.49. The number of halogens is 2. The number of hydrogen-bond donors (Lipinski definition) is 2. The van der Waals surface area contributed by atoms with E-state index in [9.17, 15) is 9.18 Å². The molecule has 2 N–H and O–H groups in total. The van der Waals surface area contributed by atoms with Crippen LogP contribution in [0.3, 0.4) is 0 Å². The molecule has 5 rings (SSSR count). The first-order valence-electron chi connectivity index (χ1n) is 11.0. The van der Waals surface area contributed by atoms with Crippen molar-refractivity contribution in [3.05, 3.63) is 58.9 Å². The van der Waals surface area contributed by atoms with Crippen LogP contribution in [0.4, 0.5) is 4.39 Å². The van der Waals surface area contributed by atoms with E-state index in [1.165, 1.54) is 12.1 Å². The van der Waals surface area contributed by atoms with Crippen molar-refractivity contribution in [2.24, 2.45) is 5.41 Å². The second kappa shape index (κ2) is 10.1. The van der Waals surface area contributed by atoms with Gasteiger partial charge < -0.3 is 24.2 Å². The molecule has 3 aliphatic rings. The van der Waals surface area contributed by atoms with E-state index in [0.29, 0.717) is 24.5 Å². The molecule has 3 aliphatic carbocycles. The molecule has 178 valence electrons. The topological polar surface area (TPSA) is 77.0 Å². The summed E-state index contributed by atoms with van der Waals surface area (Å²) in [4.78, 5) is 21.8. The maximum Gasteiger partial charge on any atom is 0.310 e. The van der Waals surface area contributed by atoms with Crippen LogP contribution >= 0.6 is 20.6 Å². The Kier molecular flexibility index (Phi) is 7.44. The fourth-order valence-corrected chi connectivity index (χ4v) is 5.40. The fraction of sp³-hybridized carbons (Fsp3) is 0.458. The Balaban J connectivity index is 1.42. The molecular weight excluding hydrogens is 468 g/mol. The number of carbonyl (C=O) groups is 1. The van der Waals surface area contributed by atoms with Crippen LogP contribution in [0, 0.1) is 11.2 Å². The highest BCUT2D eigenvalue weighted by atomic mass is 35.5. The van der Waals surface area contributed by atoms with Crippen LogP contribution in [0.1, 0.15) is 37.7 Å². The molecule has 33 heavy (non-hydrogen) atoms. The van der Waals surface area contributed by atoms with Crippen LogP contribution in [-0.4, -0.2) is 36.2 Å². The van der Waals surface area contributed by atoms with Crippen molar-refractivity contribution < 1.29 is 28.1 Å². The van der Waals surface area contributed by atoms with E-state index in [0.717, 1.165) is 31.2 Å². The highest BCUT2D eigenvalue weighted by Crippen LogP contribution is 2.53. The summed E-state index contributed by atoms with van der Waals surface area (Å²) < 4.78 is 30.9. The molecule has 0 aromatic heterocycles. The predicted molar refractivity (Wildman–Crippen MR) is 125 cm³/mol. The average Bonchev–Trinajstić information content (AvgIpc) is 2.81. The zero-order valence-corrected chi connectivity index (χ0v) is 20.2. The lowest BCUT2D eigenvalue weighted by molar-refractivity contribution is -0.168. The zero-order chi connectivity index (χ0) is 23.5. The third-order valence-corrected chi connectivity index (χ3v) is 7.69. The van der Waals surface area contributed by atoms with Crippen LogP contribution in [0.15, 0.2) is 42.5 Å². The van der Waals surface area contributed by atoms with E-state index in [1.807, 2.05) is 13.1 Å². The molecule has 2 aromatic carbocycles. The lowest BCUT2D eigenvalue weighted by atomic mass is 9.56. The smallest absolute Gasteiger partial charge is 0.310 e. The number of likely N-dealkylation sites (N-methyl/N-ethyl adjacent to an activating group) is 1. The summed E-state index contributed by atoms with van der Waals surface area (Å²) in [6.45, 7) is 0.434. The maximum atomic E-state index is 13.8. The number of ether oxygens (including phenoxy) is 2. The average molecular weight is 496 g/mol. The van der Waals surface area contributed by atoms with Crippen LogP contribution < -0.4 is 14.6 Å². The largest absolute Gasteiger partial charge is 0.493 e. The van der Waals surface area contributed by atoms with Gasteiger partial charge in [-0.2, -0.15) is 0 Å². The van der Waals surface area contributed by atoms with E-state index in [1.54, 1.807) is 24.3 Å². The zero-order valence-electron chi connectivity index (χ0n) is 18.4. The van der Waals surface area contributed by atoms with Gasteiger partial charge in [0, 0.05) is 11.5 Å². The van der Waals surface area contributed by atoms with Crippen molar-refractivity contribution in [3.63, 3.8) is 0 Å². The molecule has 2 aromatic rings. The van der Waals surface area contributed by atoms with Crippen LogP contribution in [-0.2, 0) is 16.0 Å². The third-order valence-electron chi connectivity index (χ3n) is 7.06. The first kappa shape index (κ1) is 24.2. The molecule has 9 heteroatoms. The molecule has 2 atom stereocenters. The molecule has 0 amide bonds. The maximum absolute atomic E-state index is 13.8. The highest BCUT2D eigenvalue weighted by Gasteiger charge is 2.55. The van der Waals surface area contributed by atoms with Gasteiger partial charge in [-0.3, -0.25) is 4.79 Å². The van der Waals surface area contributed by atoms with Gasteiger partial charge in [0.15, 0.2) is 0 Å². The predicted octanol–water partition coefficient (Wildman–Crippen LogP) is 4.81. The van der Waals surface area contributed by atoms with Crippen molar-refractivity contribution in [3.8, 4) is 11.5 Å². The molecule has 0 saturated heterocycles. The monoisotopic (exact) mass is 495 g/mol. The molecule has 3 fully saturated rings. The van der Waals surface area contributed by atoms with E-state index >= 15 is 0 Å².